The molecule has 0 fully saturated rings. The molecule has 0 spiro atoms. The Kier molecular flexibility index (Phi) is 6.14. The zero-order valence-corrected chi connectivity index (χ0v) is 17.0. The van der Waals surface area contributed by atoms with Crippen LogP contribution in [0.3, 0.4) is 0 Å². The Labute approximate surface area is 167 Å². The molecule has 0 unspecified atom stereocenters. The molecule has 0 saturated carbocycles. The molecule has 2 aromatic rings. The van der Waals surface area contributed by atoms with Gasteiger partial charge in [0, 0.05) is 4.88 Å². The summed E-state index contributed by atoms with van der Waals surface area (Å²) < 4.78 is 10.0. The van der Waals surface area contributed by atoms with Crippen LogP contribution in [0.25, 0.3) is 0 Å². The Morgan fingerprint density at radius 3 is 2.68 bits per heavy atom. The molecule has 1 aliphatic rings. The molecule has 0 saturated heterocycles. The summed E-state index contributed by atoms with van der Waals surface area (Å²) in [5.41, 5.74) is 2.59. The van der Waals surface area contributed by atoms with E-state index in [1.165, 1.54) is 18.4 Å². The van der Waals surface area contributed by atoms with Gasteiger partial charge in [0.15, 0.2) is 6.61 Å². The van der Waals surface area contributed by atoms with Crippen LogP contribution < -0.4 is 5.32 Å². The van der Waals surface area contributed by atoms with E-state index in [2.05, 4.69) is 12.2 Å². The molecule has 0 aliphatic heterocycles. The first-order chi connectivity index (χ1) is 13.4. The number of carbonyl (C=O) groups excluding carboxylic acids is 3. The molecule has 148 valence electrons. The van der Waals surface area contributed by atoms with Gasteiger partial charge in [-0.2, -0.15) is 0 Å². The lowest BCUT2D eigenvalue weighted by molar-refractivity contribution is -0.119. The fourth-order valence-corrected chi connectivity index (χ4v) is 4.75. The molecule has 1 aromatic carbocycles. The van der Waals surface area contributed by atoms with Crippen LogP contribution in [0.15, 0.2) is 24.3 Å². The van der Waals surface area contributed by atoms with Crippen LogP contribution in [0.5, 0.6) is 0 Å². The minimum atomic E-state index is -0.555. The summed E-state index contributed by atoms with van der Waals surface area (Å²) in [4.78, 5) is 37.9. The molecule has 1 aromatic heterocycles. The maximum Gasteiger partial charge on any atom is 0.341 e. The number of methoxy groups -OCH3 is 1. The second-order valence-electron chi connectivity index (χ2n) is 6.99. The number of nitrogens with one attached hydrogen (secondary N) is 1. The van der Waals surface area contributed by atoms with E-state index in [1.54, 1.807) is 25.1 Å². The highest BCUT2D eigenvalue weighted by Crippen LogP contribution is 2.40. The normalized spacial score (nSPS) is 15.5. The summed E-state index contributed by atoms with van der Waals surface area (Å²) in [6.45, 7) is 3.55. The number of aryl methyl sites for hydroxylation is 1. The standard InChI is InChI=1S/C21H23NO5S/c1-12-8-9-15-16(10-12)28-19(18(15)21(25)26-3)22-17(23)11-27-20(24)14-7-5-4-6-13(14)2/h4-7,12H,8-11H2,1-3H3,(H,22,23)/t12-/m0/s1. The Hall–Kier alpha value is -2.67. The number of anilines is 1. The number of benzene rings is 1. The van der Waals surface area contributed by atoms with Crippen molar-refractivity contribution in [2.45, 2.75) is 33.1 Å². The van der Waals surface area contributed by atoms with Crippen LogP contribution in [-0.4, -0.2) is 31.6 Å². The van der Waals surface area contributed by atoms with Crippen molar-refractivity contribution in [2.24, 2.45) is 5.92 Å². The number of hydrogen-bond donors (Lipinski definition) is 1. The van der Waals surface area contributed by atoms with Gasteiger partial charge in [-0.05, 0) is 49.3 Å². The van der Waals surface area contributed by atoms with Crippen molar-refractivity contribution in [2.75, 3.05) is 19.0 Å². The monoisotopic (exact) mass is 401 g/mol. The fourth-order valence-electron chi connectivity index (χ4n) is 3.33. The molecule has 0 bridgehead atoms. The Bertz CT molecular complexity index is 918. The molecule has 3 rings (SSSR count). The molecule has 1 amide bonds. The number of fused-ring (bicyclic) bond motifs is 1. The topological polar surface area (TPSA) is 81.7 Å². The van der Waals surface area contributed by atoms with E-state index in [0.29, 0.717) is 22.0 Å². The minimum absolute atomic E-state index is 0.422. The average molecular weight is 401 g/mol. The van der Waals surface area contributed by atoms with Crippen molar-refractivity contribution in [3.63, 3.8) is 0 Å². The Morgan fingerprint density at radius 2 is 1.96 bits per heavy atom. The Morgan fingerprint density at radius 1 is 1.21 bits per heavy atom. The smallest absolute Gasteiger partial charge is 0.341 e. The van der Waals surface area contributed by atoms with Gasteiger partial charge < -0.3 is 14.8 Å². The lowest BCUT2D eigenvalue weighted by Gasteiger charge is -2.18. The summed E-state index contributed by atoms with van der Waals surface area (Å²) in [6.07, 6.45) is 2.66. The molecular formula is C21H23NO5S. The van der Waals surface area contributed by atoms with E-state index in [0.717, 1.165) is 35.3 Å². The lowest BCUT2D eigenvalue weighted by Crippen LogP contribution is -2.22. The van der Waals surface area contributed by atoms with Gasteiger partial charge >= 0.3 is 11.9 Å². The van der Waals surface area contributed by atoms with Crippen LogP contribution in [0.2, 0.25) is 0 Å². The first kappa shape index (κ1) is 20.1. The minimum Gasteiger partial charge on any atom is -0.465 e. The summed E-state index contributed by atoms with van der Waals surface area (Å²) in [5, 5.41) is 3.18. The Balaban J connectivity index is 1.71. The molecule has 6 nitrogen and oxygen atoms in total. The number of thiophene rings is 1. The summed E-state index contributed by atoms with van der Waals surface area (Å²) in [7, 11) is 1.33. The van der Waals surface area contributed by atoms with Crippen molar-refractivity contribution in [3.8, 4) is 0 Å². The van der Waals surface area contributed by atoms with Gasteiger partial charge in [-0.1, -0.05) is 25.1 Å². The predicted molar refractivity (Wildman–Crippen MR) is 107 cm³/mol. The van der Waals surface area contributed by atoms with Crippen LogP contribution in [0.4, 0.5) is 5.00 Å². The second-order valence-corrected chi connectivity index (χ2v) is 8.09. The number of rotatable bonds is 5. The van der Waals surface area contributed by atoms with Gasteiger partial charge in [0.2, 0.25) is 0 Å². The van der Waals surface area contributed by atoms with Crippen molar-refractivity contribution in [3.05, 3.63) is 51.4 Å². The average Bonchev–Trinajstić information content (AvgIpc) is 3.02. The van der Waals surface area contributed by atoms with Gasteiger partial charge in [0.1, 0.15) is 5.00 Å². The molecule has 0 radical (unpaired) electrons. The summed E-state index contributed by atoms with van der Waals surface area (Å²) in [5.74, 6) is -0.964. The molecule has 1 heterocycles. The third-order valence-corrected chi connectivity index (χ3v) is 6.02. The summed E-state index contributed by atoms with van der Waals surface area (Å²) in [6, 6.07) is 7.02. The van der Waals surface area contributed by atoms with Gasteiger partial charge in [-0.25, -0.2) is 9.59 Å². The van der Waals surface area contributed by atoms with E-state index < -0.39 is 24.5 Å². The molecular weight excluding hydrogens is 378 g/mol. The second kappa shape index (κ2) is 8.56. The fraction of sp³-hybridized carbons (Fsp3) is 0.381. The van der Waals surface area contributed by atoms with Crippen LogP contribution in [0.1, 0.15) is 50.1 Å². The number of carbonyl (C=O) groups is 3. The number of esters is 2. The molecule has 7 heteroatoms. The highest BCUT2D eigenvalue weighted by Gasteiger charge is 2.29. The highest BCUT2D eigenvalue weighted by atomic mass is 32.1. The zero-order valence-electron chi connectivity index (χ0n) is 16.2. The quantitative estimate of drug-likeness (QED) is 0.772. The number of hydrogen-bond acceptors (Lipinski definition) is 6. The van der Waals surface area contributed by atoms with Crippen molar-refractivity contribution < 1.29 is 23.9 Å². The van der Waals surface area contributed by atoms with Crippen LogP contribution >= 0.6 is 11.3 Å². The predicted octanol–water partition coefficient (Wildman–Crippen LogP) is 3.76. The van der Waals surface area contributed by atoms with E-state index in [9.17, 15) is 14.4 Å². The van der Waals surface area contributed by atoms with Gasteiger partial charge in [0.05, 0.1) is 18.2 Å². The van der Waals surface area contributed by atoms with E-state index in [4.69, 9.17) is 9.47 Å². The van der Waals surface area contributed by atoms with Crippen LogP contribution in [0, 0.1) is 12.8 Å². The van der Waals surface area contributed by atoms with E-state index >= 15 is 0 Å². The summed E-state index contributed by atoms with van der Waals surface area (Å²) >= 11 is 1.40. The SMILES string of the molecule is COC(=O)c1c(NC(=O)COC(=O)c2ccccc2C)sc2c1CC[C@H](C)C2. The van der Waals surface area contributed by atoms with Crippen molar-refractivity contribution >= 4 is 34.2 Å². The zero-order chi connectivity index (χ0) is 20.3. The molecule has 1 atom stereocenters. The first-order valence-electron chi connectivity index (χ1n) is 9.16. The van der Waals surface area contributed by atoms with E-state index in [-0.39, 0.29) is 0 Å². The third-order valence-electron chi connectivity index (χ3n) is 4.85. The van der Waals surface area contributed by atoms with Gasteiger partial charge in [-0.15, -0.1) is 11.3 Å². The van der Waals surface area contributed by atoms with Gasteiger partial charge in [-0.3, -0.25) is 4.79 Å². The molecule has 28 heavy (non-hydrogen) atoms. The maximum absolute atomic E-state index is 12.3. The van der Waals surface area contributed by atoms with E-state index in [1.807, 2.05) is 6.07 Å². The molecule has 1 N–H and O–H groups in total. The van der Waals surface area contributed by atoms with Crippen molar-refractivity contribution in [1.82, 2.24) is 0 Å². The van der Waals surface area contributed by atoms with Gasteiger partial charge in [0.25, 0.3) is 5.91 Å². The largest absolute Gasteiger partial charge is 0.465 e. The first-order valence-corrected chi connectivity index (χ1v) is 9.97. The lowest BCUT2D eigenvalue weighted by atomic mass is 9.88. The number of amides is 1. The van der Waals surface area contributed by atoms with Crippen molar-refractivity contribution in [1.29, 1.82) is 0 Å². The molecule has 1 aliphatic carbocycles. The highest BCUT2D eigenvalue weighted by molar-refractivity contribution is 7.17. The third kappa shape index (κ3) is 4.25. The maximum atomic E-state index is 12.3. The van der Waals surface area contributed by atoms with Crippen LogP contribution in [-0.2, 0) is 27.1 Å². The number of ether oxygens (including phenoxy) is 2.